The molecule has 0 atom stereocenters. The highest BCUT2D eigenvalue weighted by molar-refractivity contribution is 5.94. The van der Waals surface area contributed by atoms with Crippen LogP contribution in [0.15, 0.2) is 29.4 Å². The van der Waals surface area contributed by atoms with Crippen molar-refractivity contribution >= 4 is 17.5 Å². The number of hydrogen-bond donors (Lipinski definition) is 1. The summed E-state index contributed by atoms with van der Waals surface area (Å²) in [6, 6.07) is 5.42. The lowest BCUT2D eigenvalue weighted by Crippen LogP contribution is -2.10. The van der Waals surface area contributed by atoms with Gasteiger partial charge in [0.2, 0.25) is 0 Å². The molecule has 0 radical (unpaired) electrons. The Hall–Kier alpha value is -2.44. The Balaban J connectivity index is 0.00000137. The van der Waals surface area contributed by atoms with Crippen molar-refractivity contribution in [1.82, 2.24) is 0 Å². The summed E-state index contributed by atoms with van der Waals surface area (Å²) in [5.41, 5.74) is 4.65. The largest absolute Gasteiger partial charge is 0.385 e. The van der Waals surface area contributed by atoms with Crippen LogP contribution in [0.25, 0.3) is 0 Å². The fourth-order valence-corrected chi connectivity index (χ4v) is 0.968. The van der Waals surface area contributed by atoms with Gasteiger partial charge in [-0.15, -0.1) is 0 Å². The lowest BCUT2D eigenvalue weighted by Gasteiger charge is -1.99. The molecule has 0 spiro atoms. The molecular formula is C11H15N3O4. The summed E-state index contributed by atoms with van der Waals surface area (Å²) in [5, 5.41) is 13.8. The van der Waals surface area contributed by atoms with Gasteiger partial charge in [0.25, 0.3) is 5.69 Å². The zero-order valence-corrected chi connectivity index (χ0v) is 10.4. The Morgan fingerprint density at radius 1 is 1.39 bits per heavy atom. The molecule has 18 heavy (non-hydrogen) atoms. The van der Waals surface area contributed by atoms with E-state index in [1.807, 2.05) is 13.8 Å². The number of nitro benzene ring substituents is 1. The van der Waals surface area contributed by atoms with Crippen molar-refractivity contribution in [3.63, 3.8) is 0 Å². The van der Waals surface area contributed by atoms with Crippen molar-refractivity contribution in [3.8, 4) is 0 Å². The Kier molecular flexibility index (Phi) is 6.72. The number of oxime groups is 1. The number of rotatable bonds is 3. The molecule has 1 rings (SSSR count). The van der Waals surface area contributed by atoms with Crippen LogP contribution in [0.1, 0.15) is 31.1 Å². The van der Waals surface area contributed by atoms with E-state index in [-0.39, 0.29) is 17.1 Å². The molecule has 0 aliphatic rings. The molecule has 0 unspecified atom stereocenters. The van der Waals surface area contributed by atoms with Crippen molar-refractivity contribution in [2.24, 2.45) is 10.9 Å². The van der Waals surface area contributed by atoms with Crippen molar-refractivity contribution in [3.05, 3.63) is 39.9 Å². The van der Waals surface area contributed by atoms with E-state index in [0.717, 1.165) is 0 Å². The van der Waals surface area contributed by atoms with E-state index in [2.05, 4.69) is 9.99 Å². The van der Waals surface area contributed by atoms with Gasteiger partial charge in [-0.2, -0.15) is 0 Å². The van der Waals surface area contributed by atoms with Crippen LogP contribution < -0.4 is 5.73 Å². The first-order valence-corrected chi connectivity index (χ1v) is 5.27. The molecule has 0 aliphatic carbocycles. The molecule has 98 valence electrons. The molecule has 0 aliphatic heterocycles. The number of benzene rings is 1. The number of carbonyl (C=O) groups is 1. The Labute approximate surface area is 104 Å². The number of para-hydroxylation sites is 1. The molecule has 0 bridgehead atoms. The number of hydrogen-bond acceptors (Lipinski definition) is 5. The van der Waals surface area contributed by atoms with Gasteiger partial charge in [-0.1, -0.05) is 31.1 Å². The van der Waals surface area contributed by atoms with Crippen molar-refractivity contribution in [2.45, 2.75) is 20.8 Å². The predicted molar refractivity (Wildman–Crippen MR) is 67.2 cm³/mol. The molecule has 0 heterocycles. The molecule has 1 aromatic rings. The normalized spacial score (nSPS) is 10.1. The van der Waals surface area contributed by atoms with Gasteiger partial charge in [0.05, 0.1) is 4.92 Å². The second kappa shape index (κ2) is 7.77. The van der Waals surface area contributed by atoms with Gasteiger partial charge >= 0.3 is 5.97 Å². The highest BCUT2D eigenvalue weighted by Crippen LogP contribution is 2.18. The Morgan fingerprint density at radius 2 is 1.94 bits per heavy atom. The van der Waals surface area contributed by atoms with Gasteiger partial charge in [-0.05, 0) is 13.0 Å². The molecule has 7 heteroatoms. The quantitative estimate of drug-likeness (QED) is 0.291. The second-order valence-electron chi connectivity index (χ2n) is 2.89. The van der Waals surface area contributed by atoms with Crippen molar-refractivity contribution in [1.29, 1.82) is 0 Å². The summed E-state index contributed by atoms with van der Waals surface area (Å²) >= 11 is 0. The topological polar surface area (TPSA) is 108 Å². The Morgan fingerprint density at radius 3 is 2.44 bits per heavy atom. The number of nitrogens with zero attached hydrogens (tertiary/aromatic N) is 2. The van der Waals surface area contributed by atoms with Gasteiger partial charge < -0.3 is 10.6 Å². The minimum absolute atomic E-state index is 0.0481. The number of carbonyl (C=O) groups excluding carboxylic acids is 1. The fraction of sp³-hybridized carbons (Fsp3) is 0.273. The first kappa shape index (κ1) is 15.6. The average Bonchev–Trinajstić information content (AvgIpc) is 2.38. The molecule has 0 aromatic heterocycles. The van der Waals surface area contributed by atoms with Gasteiger partial charge in [0.15, 0.2) is 0 Å². The second-order valence-corrected chi connectivity index (χ2v) is 2.89. The van der Waals surface area contributed by atoms with E-state index in [0.29, 0.717) is 0 Å². The van der Waals surface area contributed by atoms with Gasteiger partial charge in [0.1, 0.15) is 11.4 Å². The van der Waals surface area contributed by atoms with Crippen molar-refractivity contribution < 1.29 is 14.6 Å². The van der Waals surface area contributed by atoms with Crippen LogP contribution in [0.4, 0.5) is 5.69 Å². The van der Waals surface area contributed by atoms with Gasteiger partial charge in [0, 0.05) is 6.07 Å². The van der Waals surface area contributed by atoms with Crippen molar-refractivity contribution in [2.75, 3.05) is 0 Å². The Bertz CT molecular complexity index is 453. The van der Waals surface area contributed by atoms with Crippen LogP contribution in [-0.4, -0.2) is 16.7 Å². The SMILES string of the molecule is C/C(N)=N/OC(=O)c1ccccc1[N+](=O)[O-].CC. The summed E-state index contributed by atoms with van der Waals surface area (Å²) in [5.74, 6) is -0.871. The molecule has 0 amide bonds. The summed E-state index contributed by atoms with van der Waals surface area (Å²) in [6.07, 6.45) is 0. The third-order valence-electron chi connectivity index (χ3n) is 1.59. The molecule has 0 fully saturated rings. The maximum absolute atomic E-state index is 11.4. The van der Waals surface area contributed by atoms with Crippen LogP contribution in [0.2, 0.25) is 0 Å². The van der Waals surface area contributed by atoms with E-state index in [1.165, 1.54) is 31.2 Å². The number of nitrogens with two attached hydrogens (primary N) is 1. The van der Waals surface area contributed by atoms with E-state index in [1.54, 1.807) is 0 Å². The third-order valence-corrected chi connectivity index (χ3v) is 1.59. The average molecular weight is 253 g/mol. The number of nitro groups is 1. The minimum atomic E-state index is -0.919. The third kappa shape index (κ3) is 4.60. The van der Waals surface area contributed by atoms with Crippen LogP contribution in [0.3, 0.4) is 0 Å². The maximum atomic E-state index is 11.4. The van der Waals surface area contributed by atoms with E-state index >= 15 is 0 Å². The van der Waals surface area contributed by atoms with Crippen LogP contribution in [0.5, 0.6) is 0 Å². The summed E-state index contributed by atoms with van der Waals surface area (Å²) in [6.45, 7) is 5.42. The molecular weight excluding hydrogens is 238 g/mol. The van der Waals surface area contributed by atoms with Crippen LogP contribution in [-0.2, 0) is 4.84 Å². The van der Waals surface area contributed by atoms with Crippen LogP contribution >= 0.6 is 0 Å². The summed E-state index contributed by atoms with van der Waals surface area (Å²) in [4.78, 5) is 25.7. The monoisotopic (exact) mass is 253 g/mol. The first-order valence-electron chi connectivity index (χ1n) is 5.27. The van der Waals surface area contributed by atoms with Crippen LogP contribution in [0, 0.1) is 10.1 Å². The van der Waals surface area contributed by atoms with Gasteiger partial charge in [-0.25, -0.2) is 4.79 Å². The first-order chi connectivity index (χ1) is 8.52. The number of amidine groups is 1. The smallest absolute Gasteiger partial charge is 0.372 e. The zero-order valence-electron chi connectivity index (χ0n) is 10.4. The summed E-state index contributed by atoms with van der Waals surface area (Å²) in [7, 11) is 0. The maximum Gasteiger partial charge on any atom is 0.372 e. The molecule has 0 saturated heterocycles. The summed E-state index contributed by atoms with van der Waals surface area (Å²) < 4.78 is 0. The molecule has 1 aromatic carbocycles. The van der Waals surface area contributed by atoms with Gasteiger partial charge in [-0.3, -0.25) is 10.1 Å². The lowest BCUT2D eigenvalue weighted by atomic mass is 10.2. The molecule has 7 nitrogen and oxygen atoms in total. The molecule has 0 saturated carbocycles. The highest BCUT2D eigenvalue weighted by Gasteiger charge is 2.20. The van der Waals surface area contributed by atoms with E-state index in [4.69, 9.17) is 5.73 Å². The zero-order chi connectivity index (χ0) is 14.1. The lowest BCUT2D eigenvalue weighted by molar-refractivity contribution is -0.385. The van der Waals surface area contributed by atoms with E-state index < -0.39 is 10.9 Å². The minimum Gasteiger partial charge on any atom is -0.385 e. The predicted octanol–water partition coefficient (Wildman–Crippen LogP) is 2.07. The van der Waals surface area contributed by atoms with E-state index in [9.17, 15) is 14.9 Å². The standard InChI is InChI=1S/C9H9N3O4.C2H6/c1-6(10)11-16-9(13)7-4-2-3-5-8(7)12(14)15;1-2/h2-5H,1H3,(H2,10,11);1-2H3. The molecule has 2 N–H and O–H groups in total. The highest BCUT2D eigenvalue weighted by atomic mass is 16.7. The fourth-order valence-electron chi connectivity index (χ4n) is 0.968.